The van der Waals surface area contributed by atoms with Gasteiger partial charge in [0.1, 0.15) is 0 Å². The highest BCUT2D eigenvalue weighted by atomic mass is 16.3. The maximum Gasteiger partial charge on any atom is 0.0695 e. The predicted molar refractivity (Wildman–Crippen MR) is 65.3 cm³/mol. The van der Waals surface area contributed by atoms with Gasteiger partial charge in [0.05, 0.1) is 6.10 Å². The van der Waals surface area contributed by atoms with Gasteiger partial charge in [0, 0.05) is 19.1 Å². The number of hydrogen-bond acceptors (Lipinski definition) is 2. The second kappa shape index (κ2) is 4.66. The second-order valence-electron chi connectivity index (χ2n) is 6.26. The van der Waals surface area contributed by atoms with Gasteiger partial charge in [-0.15, -0.1) is 0 Å². The van der Waals surface area contributed by atoms with Crippen molar-refractivity contribution in [1.82, 2.24) is 4.90 Å². The maximum absolute atomic E-state index is 10.2. The molecule has 2 nitrogen and oxygen atoms in total. The normalized spacial score (nSPS) is 45.6. The zero-order chi connectivity index (χ0) is 11.0. The fourth-order valence-electron chi connectivity index (χ4n) is 4.12. The summed E-state index contributed by atoms with van der Waals surface area (Å²) in [4.78, 5) is 2.65. The molecule has 2 heteroatoms. The second-order valence-corrected chi connectivity index (χ2v) is 6.26. The molecule has 16 heavy (non-hydrogen) atoms. The summed E-state index contributed by atoms with van der Waals surface area (Å²) in [6.45, 7) is 2.55. The van der Waals surface area contributed by atoms with E-state index in [2.05, 4.69) is 4.90 Å². The molecule has 0 aromatic heterocycles. The fraction of sp³-hybridized carbons (Fsp3) is 1.00. The number of hydrogen-bond donors (Lipinski definition) is 1. The van der Waals surface area contributed by atoms with Crippen LogP contribution in [0.4, 0.5) is 0 Å². The van der Waals surface area contributed by atoms with E-state index in [1.54, 1.807) is 0 Å². The lowest BCUT2D eigenvalue weighted by atomic mass is 9.84. The summed E-state index contributed by atoms with van der Waals surface area (Å²) in [6, 6.07) is 0.495. The molecule has 2 aliphatic heterocycles. The van der Waals surface area contributed by atoms with Crippen molar-refractivity contribution >= 4 is 0 Å². The molecule has 2 atom stereocenters. The molecule has 2 bridgehead atoms. The Morgan fingerprint density at radius 1 is 0.750 bits per heavy atom. The number of fused-ring (bicyclic) bond motifs is 4. The highest BCUT2D eigenvalue weighted by molar-refractivity contribution is 4.89. The third-order valence-electron chi connectivity index (χ3n) is 5.11. The summed E-state index contributed by atoms with van der Waals surface area (Å²) >= 11 is 0. The van der Waals surface area contributed by atoms with Gasteiger partial charge in [0.15, 0.2) is 0 Å². The van der Waals surface area contributed by atoms with Gasteiger partial charge in [0.2, 0.25) is 0 Å². The lowest BCUT2D eigenvalue weighted by Gasteiger charge is -2.38. The van der Waals surface area contributed by atoms with Crippen molar-refractivity contribution in [3.8, 4) is 0 Å². The topological polar surface area (TPSA) is 23.5 Å². The largest absolute Gasteiger partial charge is 0.391 e. The third-order valence-corrected chi connectivity index (χ3v) is 5.11. The van der Waals surface area contributed by atoms with Crippen LogP contribution in [-0.2, 0) is 0 Å². The van der Waals surface area contributed by atoms with Crippen LogP contribution in [0.5, 0.6) is 0 Å². The summed E-state index contributed by atoms with van der Waals surface area (Å²) in [6.07, 6.45) is 10.6. The Balaban J connectivity index is 1.69. The van der Waals surface area contributed by atoms with Crippen LogP contribution in [-0.4, -0.2) is 35.2 Å². The zero-order valence-electron chi connectivity index (χ0n) is 10.3. The van der Waals surface area contributed by atoms with Gasteiger partial charge >= 0.3 is 0 Å². The Labute approximate surface area is 99.0 Å². The van der Waals surface area contributed by atoms with E-state index in [4.69, 9.17) is 0 Å². The van der Waals surface area contributed by atoms with E-state index < -0.39 is 0 Å². The number of rotatable bonds is 1. The molecule has 4 aliphatic rings. The van der Waals surface area contributed by atoms with Crippen LogP contribution in [0.3, 0.4) is 0 Å². The minimum atomic E-state index is -0.0359. The van der Waals surface area contributed by atoms with E-state index >= 15 is 0 Å². The molecule has 2 saturated carbocycles. The summed E-state index contributed by atoms with van der Waals surface area (Å²) in [7, 11) is 0. The number of aliphatic hydroxyl groups excluding tert-OH is 1. The summed E-state index contributed by atoms with van der Waals surface area (Å²) < 4.78 is 0. The highest BCUT2D eigenvalue weighted by Gasteiger charge is 2.35. The molecule has 92 valence electrons. The molecular formula is C14H25NO. The molecule has 0 aromatic rings. The SMILES string of the molecule is O[C@@H]1CCCC[C@H]1N1CC2CCC(CC2)C1. The van der Waals surface area contributed by atoms with E-state index in [1.807, 2.05) is 0 Å². The summed E-state index contributed by atoms with van der Waals surface area (Å²) in [5.41, 5.74) is 0. The lowest BCUT2D eigenvalue weighted by molar-refractivity contribution is 0.0153. The van der Waals surface area contributed by atoms with Crippen LogP contribution in [0, 0.1) is 11.8 Å². The van der Waals surface area contributed by atoms with E-state index in [9.17, 15) is 5.11 Å². The van der Waals surface area contributed by atoms with Crippen LogP contribution in [0.25, 0.3) is 0 Å². The summed E-state index contributed by atoms with van der Waals surface area (Å²) in [5.74, 6) is 1.88. The lowest BCUT2D eigenvalue weighted by Crippen LogP contribution is -2.47. The van der Waals surface area contributed by atoms with Gasteiger partial charge in [-0.25, -0.2) is 0 Å². The van der Waals surface area contributed by atoms with Crippen LogP contribution in [0.2, 0.25) is 0 Å². The van der Waals surface area contributed by atoms with Crippen molar-refractivity contribution in [2.75, 3.05) is 13.1 Å². The predicted octanol–water partition coefficient (Wildman–Crippen LogP) is 2.41. The van der Waals surface area contributed by atoms with E-state index in [1.165, 1.54) is 58.0 Å². The minimum Gasteiger partial charge on any atom is -0.391 e. The highest BCUT2D eigenvalue weighted by Crippen LogP contribution is 2.36. The first-order valence-electron chi connectivity index (χ1n) is 7.25. The van der Waals surface area contributed by atoms with Crippen molar-refractivity contribution in [3.05, 3.63) is 0 Å². The minimum absolute atomic E-state index is 0.0359. The van der Waals surface area contributed by atoms with Gasteiger partial charge < -0.3 is 5.11 Å². The van der Waals surface area contributed by atoms with Gasteiger partial charge in [-0.1, -0.05) is 12.8 Å². The van der Waals surface area contributed by atoms with Gasteiger partial charge in [-0.05, 0) is 50.4 Å². The Bertz CT molecular complexity index is 221. The quantitative estimate of drug-likeness (QED) is 0.738. The molecule has 0 radical (unpaired) electrons. The smallest absolute Gasteiger partial charge is 0.0695 e. The van der Waals surface area contributed by atoms with Crippen molar-refractivity contribution in [1.29, 1.82) is 0 Å². The molecule has 0 aromatic carbocycles. The van der Waals surface area contributed by atoms with Crippen molar-refractivity contribution in [3.63, 3.8) is 0 Å². The summed E-state index contributed by atoms with van der Waals surface area (Å²) in [5, 5.41) is 10.2. The molecule has 2 saturated heterocycles. The Kier molecular flexibility index (Phi) is 3.21. The molecule has 4 rings (SSSR count). The first-order chi connectivity index (χ1) is 7.83. The average Bonchev–Trinajstić information content (AvgIpc) is 2.62. The van der Waals surface area contributed by atoms with E-state index in [-0.39, 0.29) is 6.10 Å². The van der Waals surface area contributed by atoms with Crippen molar-refractivity contribution < 1.29 is 5.11 Å². The first kappa shape index (κ1) is 11.0. The first-order valence-corrected chi connectivity index (χ1v) is 7.25. The van der Waals surface area contributed by atoms with Crippen LogP contribution >= 0.6 is 0 Å². The van der Waals surface area contributed by atoms with Crippen LogP contribution in [0.1, 0.15) is 51.4 Å². The standard InChI is InChI=1S/C14H25NO/c16-14-4-2-1-3-13(14)15-9-11-5-6-12(10-15)8-7-11/h11-14,16H,1-10H2/t11?,12?,13-,14-/m1/s1. The van der Waals surface area contributed by atoms with Gasteiger partial charge in [-0.2, -0.15) is 0 Å². The molecule has 0 spiro atoms. The molecule has 1 N–H and O–H groups in total. The number of aliphatic hydroxyl groups is 1. The Morgan fingerprint density at radius 2 is 1.31 bits per heavy atom. The van der Waals surface area contributed by atoms with E-state index in [0.29, 0.717) is 6.04 Å². The Hall–Kier alpha value is -0.0800. The molecule has 0 amide bonds. The number of nitrogens with zero attached hydrogens (tertiary/aromatic N) is 1. The maximum atomic E-state index is 10.2. The molecule has 2 aliphatic carbocycles. The van der Waals surface area contributed by atoms with Crippen molar-refractivity contribution in [2.24, 2.45) is 11.8 Å². The monoisotopic (exact) mass is 223 g/mol. The molecular weight excluding hydrogens is 198 g/mol. The van der Waals surface area contributed by atoms with Gasteiger partial charge in [-0.3, -0.25) is 4.90 Å². The van der Waals surface area contributed by atoms with Gasteiger partial charge in [0.25, 0.3) is 0 Å². The fourth-order valence-corrected chi connectivity index (χ4v) is 4.12. The van der Waals surface area contributed by atoms with Crippen LogP contribution < -0.4 is 0 Å². The molecule has 2 heterocycles. The molecule has 0 unspecified atom stereocenters. The van der Waals surface area contributed by atoms with E-state index in [0.717, 1.165) is 18.3 Å². The zero-order valence-corrected chi connectivity index (χ0v) is 10.3. The average molecular weight is 223 g/mol. The third kappa shape index (κ3) is 2.14. The van der Waals surface area contributed by atoms with Crippen molar-refractivity contribution in [2.45, 2.75) is 63.5 Å². The molecule has 4 fully saturated rings. The Morgan fingerprint density at radius 3 is 1.88 bits per heavy atom. The van der Waals surface area contributed by atoms with Crippen LogP contribution in [0.15, 0.2) is 0 Å².